The van der Waals surface area contributed by atoms with Crippen LogP contribution in [-0.4, -0.2) is 19.1 Å². The van der Waals surface area contributed by atoms with Gasteiger partial charge >= 0.3 is 0 Å². The van der Waals surface area contributed by atoms with Crippen molar-refractivity contribution in [3.8, 4) is 0 Å². The molecule has 0 aliphatic carbocycles. The van der Waals surface area contributed by atoms with Crippen LogP contribution >= 0.6 is 0 Å². The summed E-state index contributed by atoms with van der Waals surface area (Å²) in [5, 5.41) is 0. The van der Waals surface area contributed by atoms with E-state index in [2.05, 4.69) is 0 Å². The molecular weight excluding hydrogens is 228 g/mol. The minimum atomic E-state index is -0.405. The third-order valence-electron chi connectivity index (χ3n) is 2.78. The van der Waals surface area contributed by atoms with Gasteiger partial charge in [0.1, 0.15) is 0 Å². The highest BCUT2D eigenvalue weighted by Gasteiger charge is 2.06. The molecule has 0 aliphatic heterocycles. The maximum atomic E-state index is 11.2. The maximum Gasteiger partial charge on any atom is 0.249 e. The molecule has 0 saturated heterocycles. The Bertz CT molecular complexity index is 367. The van der Waals surface area contributed by atoms with Crippen LogP contribution in [0.5, 0.6) is 0 Å². The first kappa shape index (κ1) is 14.7. The van der Waals surface area contributed by atoms with Crippen molar-refractivity contribution in [2.75, 3.05) is 13.2 Å². The van der Waals surface area contributed by atoms with Crippen LogP contribution in [0.4, 0.5) is 0 Å². The van der Waals surface area contributed by atoms with Crippen LogP contribution in [0.1, 0.15) is 41.6 Å². The molecule has 0 unspecified atom stereocenters. The van der Waals surface area contributed by atoms with Gasteiger partial charge in [0.15, 0.2) is 0 Å². The van der Waals surface area contributed by atoms with E-state index < -0.39 is 5.91 Å². The molecule has 0 heterocycles. The van der Waals surface area contributed by atoms with E-state index in [4.69, 9.17) is 16.2 Å². The number of carbonyl (C=O) groups excluding carboxylic acids is 1. The smallest absolute Gasteiger partial charge is 0.249 e. The van der Waals surface area contributed by atoms with Crippen molar-refractivity contribution in [1.29, 1.82) is 0 Å². The number of primary amides is 1. The fourth-order valence-electron chi connectivity index (χ4n) is 1.77. The molecule has 0 bridgehead atoms. The van der Waals surface area contributed by atoms with E-state index >= 15 is 0 Å². The summed E-state index contributed by atoms with van der Waals surface area (Å²) in [6.07, 6.45) is 4.38. The van der Waals surface area contributed by atoms with Crippen LogP contribution in [0.2, 0.25) is 0 Å². The third kappa shape index (κ3) is 5.29. The Morgan fingerprint density at radius 2 is 1.83 bits per heavy atom. The lowest BCUT2D eigenvalue weighted by molar-refractivity contribution is 0.0981. The van der Waals surface area contributed by atoms with Crippen molar-refractivity contribution in [3.63, 3.8) is 0 Å². The van der Waals surface area contributed by atoms with E-state index in [1.165, 1.54) is 0 Å². The minimum Gasteiger partial charge on any atom is -0.377 e. The van der Waals surface area contributed by atoms with E-state index in [-0.39, 0.29) is 0 Å². The molecular formula is C14H22N2O2. The number of ether oxygens (including phenoxy) is 1. The number of hydrogen-bond donors (Lipinski definition) is 2. The van der Waals surface area contributed by atoms with Crippen LogP contribution in [-0.2, 0) is 11.3 Å². The van der Waals surface area contributed by atoms with Gasteiger partial charge in [0.2, 0.25) is 5.91 Å². The van der Waals surface area contributed by atoms with Crippen molar-refractivity contribution in [3.05, 3.63) is 35.4 Å². The van der Waals surface area contributed by atoms with Gasteiger partial charge in [-0.15, -0.1) is 0 Å². The molecule has 1 rings (SSSR count). The predicted octanol–water partition coefficient (Wildman–Crippen LogP) is 1.82. The Balaban J connectivity index is 2.25. The number of hydrogen-bond acceptors (Lipinski definition) is 3. The Hall–Kier alpha value is -1.39. The number of carbonyl (C=O) groups is 1. The number of nitrogens with two attached hydrogens (primary N) is 2. The van der Waals surface area contributed by atoms with Crippen LogP contribution in [0.3, 0.4) is 0 Å². The summed E-state index contributed by atoms with van der Waals surface area (Å²) in [5.41, 5.74) is 12.1. The van der Waals surface area contributed by atoms with Gasteiger partial charge < -0.3 is 16.2 Å². The van der Waals surface area contributed by atoms with E-state index in [1.54, 1.807) is 12.1 Å². The Labute approximate surface area is 108 Å². The second-order valence-corrected chi connectivity index (χ2v) is 4.28. The molecule has 1 amide bonds. The van der Waals surface area contributed by atoms with Crippen LogP contribution in [0, 0.1) is 0 Å². The number of rotatable bonds is 9. The first-order chi connectivity index (χ1) is 8.75. The highest BCUT2D eigenvalue weighted by molar-refractivity contribution is 5.94. The summed E-state index contributed by atoms with van der Waals surface area (Å²) < 4.78 is 5.55. The largest absolute Gasteiger partial charge is 0.377 e. The summed E-state index contributed by atoms with van der Waals surface area (Å²) in [6.45, 7) is 1.90. The minimum absolute atomic E-state index is 0.405. The van der Waals surface area contributed by atoms with E-state index in [9.17, 15) is 4.79 Å². The Kier molecular flexibility index (Phi) is 7.06. The zero-order chi connectivity index (χ0) is 13.2. The molecule has 0 aliphatic rings. The first-order valence-corrected chi connectivity index (χ1v) is 6.41. The molecule has 0 spiro atoms. The summed E-state index contributed by atoms with van der Waals surface area (Å²) in [7, 11) is 0. The van der Waals surface area contributed by atoms with Gasteiger partial charge in [-0.05, 0) is 31.0 Å². The van der Waals surface area contributed by atoms with Gasteiger partial charge in [0.05, 0.1) is 6.61 Å². The number of benzene rings is 1. The second-order valence-electron chi connectivity index (χ2n) is 4.28. The SMILES string of the molecule is NCCCCCCOCc1ccccc1C(N)=O. The van der Waals surface area contributed by atoms with Crippen molar-refractivity contribution >= 4 is 5.91 Å². The summed E-state index contributed by atoms with van der Waals surface area (Å²) in [4.78, 5) is 11.2. The number of amides is 1. The molecule has 1 aromatic rings. The normalized spacial score (nSPS) is 10.5. The first-order valence-electron chi connectivity index (χ1n) is 6.41. The van der Waals surface area contributed by atoms with Crippen molar-refractivity contribution in [2.24, 2.45) is 11.5 Å². The zero-order valence-corrected chi connectivity index (χ0v) is 10.7. The lowest BCUT2D eigenvalue weighted by Crippen LogP contribution is -2.14. The topological polar surface area (TPSA) is 78.3 Å². The average molecular weight is 250 g/mol. The third-order valence-corrected chi connectivity index (χ3v) is 2.78. The summed E-state index contributed by atoms with van der Waals surface area (Å²) in [5.74, 6) is -0.405. The van der Waals surface area contributed by atoms with Gasteiger partial charge in [-0.25, -0.2) is 0 Å². The maximum absolute atomic E-state index is 11.2. The van der Waals surface area contributed by atoms with E-state index in [1.807, 2.05) is 12.1 Å². The lowest BCUT2D eigenvalue weighted by atomic mass is 10.1. The average Bonchev–Trinajstić information content (AvgIpc) is 2.38. The van der Waals surface area contributed by atoms with Crippen LogP contribution < -0.4 is 11.5 Å². The summed E-state index contributed by atoms with van der Waals surface area (Å²) in [6, 6.07) is 7.28. The van der Waals surface area contributed by atoms with Crippen molar-refractivity contribution in [2.45, 2.75) is 32.3 Å². The van der Waals surface area contributed by atoms with Crippen LogP contribution in [0.25, 0.3) is 0 Å². The molecule has 1 aromatic carbocycles. The Morgan fingerprint density at radius 3 is 2.56 bits per heavy atom. The molecule has 4 N–H and O–H groups in total. The molecule has 0 radical (unpaired) electrons. The quantitative estimate of drug-likeness (QED) is 0.656. The molecule has 0 fully saturated rings. The molecule has 4 heteroatoms. The summed E-state index contributed by atoms with van der Waals surface area (Å²) >= 11 is 0. The molecule has 4 nitrogen and oxygen atoms in total. The molecule has 0 atom stereocenters. The van der Waals surface area contributed by atoms with Crippen molar-refractivity contribution < 1.29 is 9.53 Å². The molecule has 100 valence electrons. The van der Waals surface area contributed by atoms with Crippen molar-refractivity contribution in [1.82, 2.24) is 0 Å². The zero-order valence-electron chi connectivity index (χ0n) is 10.7. The molecule has 0 aromatic heterocycles. The molecule has 18 heavy (non-hydrogen) atoms. The van der Waals surface area contributed by atoms with Crippen LogP contribution in [0.15, 0.2) is 24.3 Å². The fourth-order valence-corrected chi connectivity index (χ4v) is 1.77. The standard InChI is InChI=1S/C14H22N2O2/c15-9-5-1-2-6-10-18-11-12-7-3-4-8-13(12)14(16)17/h3-4,7-8H,1-2,5-6,9-11,15H2,(H2,16,17). The van der Waals surface area contributed by atoms with Gasteiger partial charge in [0.25, 0.3) is 0 Å². The van der Waals surface area contributed by atoms with E-state index in [0.717, 1.165) is 37.8 Å². The second kappa shape index (κ2) is 8.66. The highest BCUT2D eigenvalue weighted by Crippen LogP contribution is 2.10. The monoisotopic (exact) mass is 250 g/mol. The fraction of sp³-hybridized carbons (Fsp3) is 0.500. The predicted molar refractivity (Wildman–Crippen MR) is 72.1 cm³/mol. The number of unbranched alkanes of at least 4 members (excludes halogenated alkanes) is 3. The van der Waals surface area contributed by atoms with E-state index in [0.29, 0.717) is 18.8 Å². The van der Waals surface area contributed by atoms with Gasteiger partial charge in [-0.2, -0.15) is 0 Å². The Morgan fingerprint density at radius 1 is 1.11 bits per heavy atom. The molecule has 0 saturated carbocycles. The lowest BCUT2D eigenvalue weighted by Gasteiger charge is -2.07. The van der Waals surface area contributed by atoms with Gasteiger partial charge in [-0.3, -0.25) is 4.79 Å². The van der Waals surface area contributed by atoms with Gasteiger partial charge in [-0.1, -0.05) is 31.0 Å². The van der Waals surface area contributed by atoms with Gasteiger partial charge in [0, 0.05) is 12.2 Å². The highest BCUT2D eigenvalue weighted by atomic mass is 16.5.